The Labute approximate surface area is 72.4 Å². The molecule has 72 valence electrons. The summed E-state index contributed by atoms with van der Waals surface area (Å²) in [6.45, 7) is 2.57. The van der Waals surface area contributed by atoms with Gasteiger partial charge >= 0.3 is 0 Å². The van der Waals surface area contributed by atoms with Gasteiger partial charge in [0.05, 0.1) is 19.3 Å². The highest BCUT2D eigenvalue weighted by atomic mass is 16.7. The summed E-state index contributed by atoms with van der Waals surface area (Å²) >= 11 is 0. The Morgan fingerprint density at radius 2 is 2.17 bits per heavy atom. The van der Waals surface area contributed by atoms with E-state index in [1.807, 2.05) is 0 Å². The van der Waals surface area contributed by atoms with Gasteiger partial charge in [0.2, 0.25) is 0 Å². The molecule has 0 saturated carbocycles. The predicted molar refractivity (Wildman–Crippen MR) is 44.5 cm³/mol. The van der Waals surface area contributed by atoms with E-state index in [1.165, 1.54) is 0 Å². The van der Waals surface area contributed by atoms with Crippen LogP contribution in [0.25, 0.3) is 0 Å². The highest BCUT2D eigenvalue weighted by molar-refractivity contribution is 5.80. The monoisotopic (exact) mass is 176 g/mol. The minimum Gasteiger partial charge on any atom is -0.382 e. The van der Waals surface area contributed by atoms with E-state index in [-0.39, 0.29) is 11.9 Å². The lowest BCUT2D eigenvalue weighted by molar-refractivity contribution is -0.136. The van der Waals surface area contributed by atoms with Crippen molar-refractivity contribution >= 4 is 5.91 Å². The van der Waals surface area contributed by atoms with Gasteiger partial charge in [-0.2, -0.15) is 0 Å². The number of carbonyl (C=O) groups is 1. The Hall–Kier alpha value is -0.650. The first-order valence-corrected chi connectivity index (χ1v) is 3.80. The van der Waals surface area contributed by atoms with Gasteiger partial charge in [0.1, 0.15) is 0 Å². The van der Waals surface area contributed by atoms with Crippen LogP contribution in [0, 0.1) is 0 Å². The average molecular weight is 176 g/mol. The van der Waals surface area contributed by atoms with E-state index in [1.54, 1.807) is 21.1 Å². The Morgan fingerprint density at radius 1 is 1.50 bits per heavy atom. The quantitative estimate of drug-likeness (QED) is 0.414. The Balaban J connectivity index is 3.31. The van der Waals surface area contributed by atoms with Crippen molar-refractivity contribution in [2.24, 2.45) is 0 Å². The molecule has 0 aromatic carbocycles. The minimum atomic E-state index is -0.243. The molecule has 0 heterocycles. The SMILES string of the molecule is CNC(C)C(=O)NOCCOC. The number of hydrogen-bond donors (Lipinski definition) is 2. The zero-order valence-electron chi connectivity index (χ0n) is 7.72. The molecule has 5 nitrogen and oxygen atoms in total. The third-order valence-electron chi connectivity index (χ3n) is 1.39. The van der Waals surface area contributed by atoms with Crippen molar-refractivity contribution < 1.29 is 14.4 Å². The van der Waals surface area contributed by atoms with Crippen LogP contribution in [0.5, 0.6) is 0 Å². The summed E-state index contributed by atoms with van der Waals surface area (Å²) in [6, 6.07) is -0.243. The van der Waals surface area contributed by atoms with Gasteiger partial charge in [-0.1, -0.05) is 0 Å². The molecule has 1 atom stereocenters. The number of amides is 1. The zero-order valence-corrected chi connectivity index (χ0v) is 7.72. The van der Waals surface area contributed by atoms with Gasteiger partial charge in [0, 0.05) is 7.11 Å². The summed E-state index contributed by atoms with van der Waals surface area (Å²) in [4.78, 5) is 15.8. The van der Waals surface area contributed by atoms with Gasteiger partial charge in [-0.3, -0.25) is 9.63 Å². The van der Waals surface area contributed by atoms with Gasteiger partial charge in [-0.25, -0.2) is 5.48 Å². The maximum absolute atomic E-state index is 11.0. The van der Waals surface area contributed by atoms with Crippen LogP contribution in [0.4, 0.5) is 0 Å². The maximum atomic E-state index is 11.0. The summed E-state index contributed by atoms with van der Waals surface area (Å²) < 4.78 is 4.72. The number of ether oxygens (including phenoxy) is 1. The molecule has 1 unspecified atom stereocenters. The van der Waals surface area contributed by atoms with Crippen molar-refractivity contribution in [3.8, 4) is 0 Å². The number of hydrogen-bond acceptors (Lipinski definition) is 4. The molecule has 5 heteroatoms. The summed E-state index contributed by atoms with van der Waals surface area (Å²) in [5.74, 6) is -0.186. The topological polar surface area (TPSA) is 59.6 Å². The van der Waals surface area contributed by atoms with Crippen LogP contribution in [0.15, 0.2) is 0 Å². The molecule has 1 amide bonds. The van der Waals surface area contributed by atoms with Crippen LogP contribution >= 0.6 is 0 Å². The van der Waals surface area contributed by atoms with Crippen LogP contribution in [0.3, 0.4) is 0 Å². The van der Waals surface area contributed by atoms with E-state index in [4.69, 9.17) is 9.57 Å². The molecule has 0 radical (unpaired) electrons. The van der Waals surface area contributed by atoms with Crippen molar-refractivity contribution in [1.29, 1.82) is 0 Å². The van der Waals surface area contributed by atoms with Gasteiger partial charge in [0.15, 0.2) is 0 Å². The zero-order chi connectivity index (χ0) is 9.40. The molecule has 0 aliphatic carbocycles. The van der Waals surface area contributed by atoms with Crippen LogP contribution in [0.2, 0.25) is 0 Å². The minimum absolute atomic E-state index is 0.186. The number of carbonyl (C=O) groups excluding carboxylic acids is 1. The summed E-state index contributed by atoms with van der Waals surface area (Å²) in [5, 5.41) is 2.78. The number of likely N-dealkylation sites (N-methyl/N-ethyl adjacent to an activating group) is 1. The molecule has 0 fully saturated rings. The van der Waals surface area contributed by atoms with Crippen LogP contribution < -0.4 is 10.8 Å². The molecule has 0 spiro atoms. The Kier molecular flexibility index (Phi) is 6.64. The third kappa shape index (κ3) is 5.06. The van der Waals surface area contributed by atoms with E-state index >= 15 is 0 Å². The molecular weight excluding hydrogens is 160 g/mol. The summed E-state index contributed by atoms with van der Waals surface area (Å²) in [6.07, 6.45) is 0. The fourth-order valence-electron chi connectivity index (χ4n) is 0.467. The third-order valence-corrected chi connectivity index (χ3v) is 1.39. The second-order valence-corrected chi connectivity index (χ2v) is 2.32. The molecule has 0 rings (SSSR count). The first-order valence-electron chi connectivity index (χ1n) is 3.80. The normalized spacial score (nSPS) is 12.6. The van der Waals surface area contributed by atoms with Crippen LogP contribution in [0.1, 0.15) is 6.92 Å². The van der Waals surface area contributed by atoms with Crippen molar-refractivity contribution in [3.05, 3.63) is 0 Å². The molecule has 2 N–H and O–H groups in total. The van der Waals surface area contributed by atoms with E-state index in [9.17, 15) is 4.79 Å². The largest absolute Gasteiger partial charge is 0.382 e. The summed E-state index contributed by atoms with van der Waals surface area (Å²) in [5.41, 5.74) is 2.29. The molecule has 12 heavy (non-hydrogen) atoms. The van der Waals surface area contributed by atoms with Gasteiger partial charge in [-0.15, -0.1) is 0 Å². The number of rotatable bonds is 6. The maximum Gasteiger partial charge on any atom is 0.260 e. The summed E-state index contributed by atoms with van der Waals surface area (Å²) in [7, 11) is 3.28. The van der Waals surface area contributed by atoms with Gasteiger partial charge in [0.25, 0.3) is 5.91 Å². The average Bonchev–Trinajstić information content (AvgIpc) is 2.10. The van der Waals surface area contributed by atoms with Crippen LogP contribution in [-0.4, -0.2) is 39.3 Å². The van der Waals surface area contributed by atoms with E-state index in [0.717, 1.165) is 0 Å². The molecule has 0 aromatic rings. The Morgan fingerprint density at radius 3 is 2.67 bits per heavy atom. The number of nitrogens with one attached hydrogen (secondary N) is 2. The smallest absolute Gasteiger partial charge is 0.260 e. The lowest BCUT2D eigenvalue weighted by Gasteiger charge is -2.10. The van der Waals surface area contributed by atoms with Crippen molar-refractivity contribution in [1.82, 2.24) is 10.8 Å². The second-order valence-electron chi connectivity index (χ2n) is 2.32. The van der Waals surface area contributed by atoms with E-state index < -0.39 is 0 Å². The number of hydroxylamine groups is 1. The standard InChI is InChI=1S/C7H16N2O3/c1-6(8-2)7(10)9-12-5-4-11-3/h6,8H,4-5H2,1-3H3,(H,9,10). The van der Waals surface area contributed by atoms with Gasteiger partial charge in [-0.05, 0) is 14.0 Å². The van der Waals surface area contributed by atoms with Crippen LogP contribution in [-0.2, 0) is 14.4 Å². The van der Waals surface area contributed by atoms with Crippen molar-refractivity contribution in [2.45, 2.75) is 13.0 Å². The highest BCUT2D eigenvalue weighted by Crippen LogP contribution is 1.79. The molecule has 0 bridgehead atoms. The molecule has 0 aliphatic heterocycles. The first kappa shape index (κ1) is 11.4. The lowest BCUT2D eigenvalue weighted by atomic mass is 10.3. The highest BCUT2D eigenvalue weighted by Gasteiger charge is 2.08. The van der Waals surface area contributed by atoms with E-state index in [2.05, 4.69) is 10.8 Å². The van der Waals surface area contributed by atoms with Crippen molar-refractivity contribution in [3.63, 3.8) is 0 Å². The predicted octanol–water partition coefficient (Wildman–Crippen LogP) is -0.711. The van der Waals surface area contributed by atoms with Gasteiger partial charge < -0.3 is 10.1 Å². The number of methoxy groups -OCH3 is 1. The fraction of sp³-hybridized carbons (Fsp3) is 0.857. The van der Waals surface area contributed by atoms with E-state index in [0.29, 0.717) is 13.2 Å². The Bertz CT molecular complexity index is 130. The fourth-order valence-corrected chi connectivity index (χ4v) is 0.467. The molecular formula is C7H16N2O3. The van der Waals surface area contributed by atoms with Crippen molar-refractivity contribution in [2.75, 3.05) is 27.4 Å². The lowest BCUT2D eigenvalue weighted by Crippen LogP contribution is -2.40. The molecule has 0 aliphatic rings. The first-order chi connectivity index (χ1) is 5.72. The molecule has 0 aromatic heterocycles. The second kappa shape index (κ2) is 7.02. The molecule has 0 saturated heterocycles.